The van der Waals surface area contributed by atoms with Gasteiger partial charge in [-0.05, 0) is 63.5 Å². The van der Waals surface area contributed by atoms with E-state index in [-0.39, 0.29) is 18.8 Å². The fraction of sp³-hybridized carbons (Fsp3) is 0.647. The van der Waals surface area contributed by atoms with Crippen LogP contribution in [-0.2, 0) is 19.6 Å². The summed E-state index contributed by atoms with van der Waals surface area (Å²) in [6, 6.07) is 3.71. The number of unbranched alkanes of at least 4 members (excludes halogenated alkanes) is 14. The first-order valence-corrected chi connectivity index (χ1v) is 17.5. The Morgan fingerprint density at radius 1 is 0.643 bits per heavy atom. The summed E-state index contributed by atoms with van der Waals surface area (Å²) in [4.78, 5) is 25.0. The summed E-state index contributed by atoms with van der Waals surface area (Å²) in [5.41, 5.74) is -0.697. The maximum absolute atomic E-state index is 12.9. The van der Waals surface area contributed by atoms with Crippen molar-refractivity contribution in [1.29, 1.82) is 0 Å². The van der Waals surface area contributed by atoms with Gasteiger partial charge in [-0.3, -0.25) is 4.55 Å². The van der Waals surface area contributed by atoms with E-state index in [2.05, 4.69) is 38.2 Å². The van der Waals surface area contributed by atoms with E-state index in [1.54, 1.807) is 0 Å². The highest BCUT2D eigenvalue weighted by molar-refractivity contribution is 7.86. The Morgan fingerprint density at radius 3 is 1.52 bits per heavy atom. The Balaban J connectivity index is 2.45. The van der Waals surface area contributed by atoms with Gasteiger partial charge in [0.25, 0.3) is 10.1 Å². The fourth-order valence-electron chi connectivity index (χ4n) is 4.67. The van der Waals surface area contributed by atoms with Crippen LogP contribution in [0, 0.1) is 0 Å². The maximum Gasteiger partial charge on any atom is 0.340 e. The lowest BCUT2D eigenvalue weighted by Crippen LogP contribution is -2.19. The SMILES string of the molecule is CC/C=C/CCCCCCCCCOC(=O)c1cccc(S(=O)(=O)O)c1C(=O)OCCCCCCCCC/C=C/CC. The van der Waals surface area contributed by atoms with Gasteiger partial charge in [0.2, 0.25) is 0 Å². The molecule has 1 rings (SSSR count). The molecular weight excluding hydrogens is 552 g/mol. The molecule has 0 saturated heterocycles. The first-order chi connectivity index (χ1) is 20.3. The number of hydrogen-bond acceptors (Lipinski definition) is 6. The summed E-state index contributed by atoms with van der Waals surface area (Å²) in [5, 5.41) is 0. The topological polar surface area (TPSA) is 107 Å². The van der Waals surface area contributed by atoms with Gasteiger partial charge in [0.05, 0.1) is 24.3 Å². The zero-order valence-electron chi connectivity index (χ0n) is 26.0. The van der Waals surface area contributed by atoms with Crippen molar-refractivity contribution in [3.8, 4) is 0 Å². The van der Waals surface area contributed by atoms with Crippen LogP contribution in [0.25, 0.3) is 0 Å². The first-order valence-electron chi connectivity index (χ1n) is 16.1. The number of rotatable bonds is 25. The van der Waals surface area contributed by atoms with Crippen molar-refractivity contribution in [2.24, 2.45) is 0 Å². The standard InChI is InChI=1S/C34H54O7S/c1-3-5-7-9-11-13-15-17-19-21-23-28-40-33(35)30-26-25-27-31(42(37,38)39)32(30)34(36)41-29-24-22-20-18-16-14-12-10-8-6-4-2/h5-8,25-27H,3-4,9-24,28-29H2,1-2H3,(H,37,38,39)/b7-5+,8-6+. The fourth-order valence-corrected chi connectivity index (χ4v) is 5.37. The molecule has 8 heteroatoms. The molecular formula is C34H54O7S. The van der Waals surface area contributed by atoms with Gasteiger partial charge >= 0.3 is 11.9 Å². The molecule has 0 radical (unpaired) electrons. The highest BCUT2D eigenvalue weighted by atomic mass is 32.2. The van der Waals surface area contributed by atoms with Crippen LogP contribution in [0.5, 0.6) is 0 Å². The van der Waals surface area contributed by atoms with Crippen LogP contribution in [-0.4, -0.2) is 38.1 Å². The van der Waals surface area contributed by atoms with Crippen LogP contribution in [0.2, 0.25) is 0 Å². The minimum atomic E-state index is -4.75. The normalized spacial score (nSPS) is 11.9. The Kier molecular flexibility index (Phi) is 21.5. The van der Waals surface area contributed by atoms with Crippen molar-refractivity contribution in [2.75, 3.05) is 13.2 Å². The molecule has 0 amide bonds. The molecule has 0 aliphatic rings. The molecule has 1 aromatic carbocycles. The molecule has 238 valence electrons. The van der Waals surface area contributed by atoms with Crippen molar-refractivity contribution in [3.05, 3.63) is 53.6 Å². The van der Waals surface area contributed by atoms with Crippen molar-refractivity contribution in [2.45, 2.75) is 134 Å². The van der Waals surface area contributed by atoms with Gasteiger partial charge in [0, 0.05) is 0 Å². The first kappa shape index (κ1) is 37.6. The summed E-state index contributed by atoms with van der Waals surface area (Å²) in [6.45, 7) is 4.54. The van der Waals surface area contributed by atoms with Gasteiger partial charge in [-0.1, -0.05) is 108 Å². The Bertz CT molecular complexity index is 1040. The summed E-state index contributed by atoms with van der Waals surface area (Å²) in [5.74, 6) is -1.77. The number of carbonyl (C=O) groups is 2. The quantitative estimate of drug-likeness (QED) is 0.0511. The molecule has 0 atom stereocenters. The maximum atomic E-state index is 12.9. The lowest BCUT2D eigenvalue weighted by molar-refractivity contribution is 0.0446. The lowest BCUT2D eigenvalue weighted by Gasteiger charge is -2.13. The highest BCUT2D eigenvalue weighted by Crippen LogP contribution is 2.23. The summed E-state index contributed by atoms with van der Waals surface area (Å²) >= 11 is 0. The number of carbonyl (C=O) groups excluding carboxylic acids is 2. The van der Waals surface area contributed by atoms with E-state index in [9.17, 15) is 22.6 Å². The summed E-state index contributed by atoms with van der Waals surface area (Å²) in [7, 11) is -4.75. The van der Waals surface area contributed by atoms with Gasteiger partial charge in [0.15, 0.2) is 0 Å². The zero-order chi connectivity index (χ0) is 30.9. The number of esters is 2. The molecule has 1 aromatic rings. The predicted molar refractivity (Wildman–Crippen MR) is 170 cm³/mol. The molecule has 7 nitrogen and oxygen atoms in total. The smallest absolute Gasteiger partial charge is 0.340 e. The largest absolute Gasteiger partial charge is 0.462 e. The minimum absolute atomic E-state index is 0.102. The zero-order valence-corrected chi connectivity index (χ0v) is 26.8. The molecule has 42 heavy (non-hydrogen) atoms. The molecule has 0 fully saturated rings. The number of hydrogen-bond donors (Lipinski definition) is 1. The predicted octanol–water partition coefficient (Wildman–Crippen LogP) is 9.42. The second-order valence-electron chi connectivity index (χ2n) is 10.7. The van der Waals surface area contributed by atoms with Crippen LogP contribution in [0.3, 0.4) is 0 Å². The van der Waals surface area contributed by atoms with Crippen molar-refractivity contribution >= 4 is 22.1 Å². The number of benzene rings is 1. The van der Waals surface area contributed by atoms with Crippen LogP contribution in [0.1, 0.15) is 150 Å². The van der Waals surface area contributed by atoms with Crippen molar-refractivity contribution in [3.63, 3.8) is 0 Å². The third kappa shape index (κ3) is 17.5. The molecule has 0 bridgehead atoms. The van der Waals surface area contributed by atoms with E-state index in [4.69, 9.17) is 9.47 Å². The van der Waals surface area contributed by atoms with Crippen LogP contribution < -0.4 is 0 Å². The number of allylic oxidation sites excluding steroid dienone is 4. The molecule has 0 saturated carbocycles. The summed E-state index contributed by atoms with van der Waals surface area (Å²) in [6.07, 6.45) is 27.9. The van der Waals surface area contributed by atoms with Crippen LogP contribution in [0.4, 0.5) is 0 Å². The van der Waals surface area contributed by atoms with Crippen LogP contribution >= 0.6 is 0 Å². The van der Waals surface area contributed by atoms with E-state index in [0.717, 1.165) is 70.3 Å². The van der Waals surface area contributed by atoms with E-state index in [1.807, 2.05) is 0 Å². The molecule has 0 spiro atoms. The van der Waals surface area contributed by atoms with Gasteiger partial charge in [-0.2, -0.15) is 8.42 Å². The Hall–Kier alpha value is -2.45. The minimum Gasteiger partial charge on any atom is -0.462 e. The molecule has 1 N–H and O–H groups in total. The van der Waals surface area contributed by atoms with E-state index in [0.29, 0.717) is 12.8 Å². The summed E-state index contributed by atoms with van der Waals surface area (Å²) < 4.78 is 44.3. The second-order valence-corrected chi connectivity index (χ2v) is 12.1. The van der Waals surface area contributed by atoms with E-state index in [1.165, 1.54) is 50.7 Å². The Morgan fingerprint density at radius 2 is 1.07 bits per heavy atom. The molecule has 0 unspecified atom stereocenters. The monoisotopic (exact) mass is 606 g/mol. The molecule has 0 aliphatic heterocycles. The van der Waals surface area contributed by atoms with Gasteiger partial charge in [0.1, 0.15) is 4.90 Å². The molecule has 0 aromatic heterocycles. The highest BCUT2D eigenvalue weighted by Gasteiger charge is 2.28. The average molecular weight is 607 g/mol. The van der Waals surface area contributed by atoms with Gasteiger partial charge < -0.3 is 9.47 Å². The number of ether oxygens (including phenoxy) is 2. The third-order valence-electron chi connectivity index (χ3n) is 7.03. The average Bonchev–Trinajstić information content (AvgIpc) is 2.97. The van der Waals surface area contributed by atoms with Crippen molar-refractivity contribution < 1.29 is 32.0 Å². The second kappa shape index (κ2) is 24.0. The van der Waals surface area contributed by atoms with E-state index < -0.39 is 32.5 Å². The molecule has 0 aliphatic carbocycles. The van der Waals surface area contributed by atoms with Gasteiger partial charge in [-0.15, -0.1) is 0 Å². The van der Waals surface area contributed by atoms with Crippen molar-refractivity contribution in [1.82, 2.24) is 0 Å². The van der Waals surface area contributed by atoms with Gasteiger partial charge in [-0.25, -0.2) is 9.59 Å². The third-order valence-corrected chi connectivity index (χ3v) is 7.93. The molecule has 0 heterocycles. The van der Waals surface area contributed by atoms with Crippen LogP contribution in [0.15, 0.2) is 47.4 Å². The Labute approximate surface area is 254 Å². The van der Waals surface area contributed by atoms with E-state index >= 15 is 0 Å². The lowest BCUT2D eigenvalue weighted by atomic mass is 10.1.